The van der Waals surface area contributed by atoms with Crippen LogP contribution in [0.2, 0.25) is 0 Å². The van der Waals surface area contributed by atoms with Crippen molar-refractivity contribution in [2.75, 3.05) is 5.32 Å². The standard InChI is InChI=1S/C11H7FN4O3S/c12-8-3-1-6(2-4-9(17)18)5-7(8)10(19)13-11-14-15-16-20-11/h1-5H,(H,17,18)(H,13,14,16,19)/b4-2+. The van der Waals surface area contributed by atoms with Gasteiger partial charge in [-0.05, 0) is 29.0 Å². The second-order valence-corrected chi connectivity index (χ2v) is 4.27. The molecule has 0 radical (unpaired) electrons. The molecule has 7 nitrogen and oxygen atoms in total. The highest BCUT2D eigenvalue weighted by molar-refractivity contribution is 7.09. The lowest BCUT2D eigenvalue weighted by Gasteiger charge is -2.03. The van der Waals surface area contributed by atoms with E-state index in [2.05, 4.69) is 20.1 Å². The molecule has 102 valence electrons. The van der Waals surface area contributed by atoms with Gasteiger partial charge in [-0.3, -0.25) is 10.1 Å². The minimum absolute atomic E-state index is 0.140. The van der Waals surface area contributed by atoms with Gasteiger partial charge < -0.3 is 5.11 Å². The van der Waals surface area contributed by atoms with Crippen molar-refractivity contribution in [1.29, 1.82) is 0 Å². The Hall–Kier alpha value is -2.68. The normalized spacial score (nSPS) is 10.7. The van der Waals surface area contributed by atoms with Crippen LogP contribution in [0.3, 0.4) is 0 Å². The number of hydrogen-bond donors (Lipinski definition) is 2. The Morgan fingerprint density at radius 1 is 1.40 bits per heavy atom. The summed E-state index contributed by atoms with van der Waals surface area (Å²) < 4.78 is 17.1. The molecule has 1 heterocycles. The van der Waals surface area contributed by atoms with Crippen LogP contribution in [-0.2, 0) is 4.79 Å². The number of benzene rings is 1. The number of halogens is 1. The van der Waals surface area contributed by atoms with Crippen molar-refractivity contribution < 1.29 is 19.1 Å². The molecule has 1 amide bonds. The SMILES string of the molecule is O=C(O)/C=C/c1ccc(F)c(C(=O)Nc2nnns2)c1. The first kappa shape index (κ1) is 13.7. The van der Waals surface area contributed by atoms with E-state index in [0.29, 0.717) is 5.56 Å². The Balaban J connectivity index is 2.24. The number of anilines is 1. The smallest absolute Gasteiger partial charge is 0.328 e. The second kappa shape index (κ2) is 5.97. The van der Waals surface area contributed by atoms with Gasteiger partial charge in [0, 0.05) is 17.6 Å². The maximum atomic E-state index is 13.6. The van der Waals surface area contributed by atoms with Gasteiger partial charge in [0.05, 0.1) is 5.56 Å². The fraction of sp³-hybridized carbons (Fsp3) is 0. The highest BCUT2D eigenvalue weighted by Crippen LogP contribution is 2.15. The number of carboxylic acids is 1. The predicted molar refractivity (Wildman–Crippen MR) is 68.7 cm³/mol. The number of nitrogens with one attached hydrogen (secondary N) is 1. The number of rotatable bonds is 4. The average Bonchev–Trinajstić information content (AvgIpc) is 2.90. The molecule has 0 saturated carbocycles. The van der Waals surface area contributed by atoms with Crippen molar-refractivity contribution in [2.45, 2.75) is 0 Å². The Kier molecular flexibility index (Phi) is 4.11. The number of amides is 1. The van der Waals surface area contributed by atoms with Gasteiger partial charge in [-0.15, -0.1) is 0 Å². The Morgan fingerprint density at radius 3 is 2.85 bits per heavy atom. The molecular formula is C11H7FN4O3S. The van der Waals surface area contributed by atoms with Crippen LogP contribution in [0.1, 0.15) is 15.9 Å². The highest BCUT2D eigenvalue weighted by Gasteiger charge is 2.14. The summed E-state index contributed by atoms with van der Waals surface area (Å²) >= 11 is 0.852. The largest absolute Gasteiger partial charge is 0.478 e. The van der Waals surface area contributed by atoms with Crippen LogP contribution in [0.15, 0.2) is 24.3 Å². The lowest BCUT2D eigenvalue weighted by Crippen LogP contribution is -2.13. The minimum Gasteiger partial charge on any atom is -0.478 e. The molecule has 2 rings (SSSR count). The summed E-state index contributed by atoms with van der Waals surface area (Å²) in [5.74, 6) is -2.58. The number of carboxylic acid groups (broad SMARTS) is 1. The van der Waals surface area contributed by atoms with Gasteiger partial charge in [0.1, 0.15) is 5.82 Å². The quantitative estimate of drug-likeness (QED) is 0.826. The molecule has 9 heteroatoms. The summed E-state index contributed by atoms with van der Waals surface area (Å²) in [4.78, 5) is 22.3. The van der Waals surface area contributed by atoms with Gasteiger partial charge in [0.2, 0.25) is 5.13 Å². The van der Waals surface area contributed by atoms with E-state index in [9.17, 15) is 14.0 Å². The van der Waals surface area contributed by atoms with Gasteiger partial charge in [0.15, 0.2) is 0 Å². The zero-order valence-electron chi connectivity index (χ0n) is 9.78. The zero-order chi connectivity index (χ0) is 14.5. The minimum atomic E-state index is -1.14. The van der Waals surface area contributed by atoms with Crippen LogP contribution in [-0.4, -0.2) is 31.8 Å². The molecule has 0 saturated heterocycles. The molecule has 1 aromatic heterocycles. The molecular weight excluding hydrogens is 287 g/mol. The first-order valence-electron chi connectivity index (χ1n) is 5.23. The number of nitrogens with zero attached hydrogens (tertiary/aromatic N) is 3. The van der Waals surface area contributed by atoms with Crippen LogP contribution in [0.25, 0.3) is 6.08 Å². The molecule has 0 bridgehead atoms. The number of carbonyl (C=O) groups excluding carboxylic acids is 1. The molecule has 0 aliphatic rings. The monoisotopic (exact) mass is 294 g/mol. The van der Waals surface area contributed by atoms with Crippen molar-refractivity contribution in [3.05, 3.63) is 41.2 Å². The molecule has 0 aliphatic carbocycles. The molecule has 2 aromatic rings. The highest BCUT2D eigenvalue weighted by atomic mass is 32.1. The number of carbonyl (C=O) groups is 2. The van der Waals surface area contributed by atoms with E-state index in [1.165, 1.54) is 18.2 Å². The summed E-state index contributed by atoms with van der Waals surface area (Å²) in [5, 5.41) is 17.8. The maximum Gasteiger partial charge on any atom is 0.328 e. The number of aliphatic carboxylic acids is 1. The van der Waals surface area contributed by atoms with Crippen molar-refractivity contribution in [3.63, 3.8) is 0 Å². The van der Waals surface area contributed by atoms with Crippen molar-refractivity contribution in [1.82, 2.24) is 14.8 Å². The summed E-state index contributed by atoms with van der Waals surface area (Å²) in [6, 6.07) is 3.67. The summed E-state index contributed by atoms with van der Waals surface area (Å²) in [5.41, 5.74) is 0.155. The molecule has 0 fully saturated rings. The van der Waals surface area contributed by atoms with Crippen molar-refractivity contribution >= 4 is 34.6 Å². The molecule has 0 aliphatic heterocycles. The summed E-state index contributed by atoms with van der Waals surface area (Å²) in [6.07, 6.45) is 2.15. The summed E-state index contributed by atoms with van der Waals surface area (Å²) in [7, 11) is 0. The lowest BCUT2D eigenvalue weighted by molar-refractivity contribution is -0.131. The zero-order valence-corrected chi connectivity index (χ0v) is 10.6. The topological polar surface area (TPSA) is 105 Å². The van der Waals surface area contributed by atoms with E-state index in [4.69, 9.17) is 5.11 Å². The van der Waals surface area contributed by atoms with Gasteiger partial charge >= 0.3 is 5.97 Å². The third-order valence-electron chi connectivity index (χ3n) is 2.17. The molecule has 0 spiro atoms. The van der Waals surface area contributed by atoms with E-state index < -0.39 is 17.7 Å². The maximum absolute atomic E-state index is 13.6. The Labute approximate surface area is 115 Å². The fourth-order valence-corrected chi connectivity index (χ4v) is 1.70. The number of hydrogen-bond acceptors (Lipinski definition) is 6. The van der Waals surface area contributed by atoms with Gasteiger partial charge in [-0.2, -0.15) is 0 Å². The predicted octanol–water partition coefficient (Wildman–Crippen LogP) is 1.42. The third kappa shape index (κ3) is 3.42. The van der Waals surface area contributed by atoms with Gasteiger partial charge in [0.25, 0.3) is 5.91 Å². The van der Waals surface area contributed by atoms with Gasteiger partial charge in [-0.1, -0.05) is 15.7 Å². The van der Waals surface area contributed by atoms with E-state index in [-0.39, 0.29) is 10.7 Å². The third-order valence-corrected chi connectivity index (χ3v) is 2.68. The van der Waals surface area contributed by atoms with Gasteiger partial charge in [-0.25, -0.2) is 9.18 Å². The Bertz CT molecular complexity index is 672. The van der Waals surface area contributed by atoms with Crippen LogP contribution >= 0.6 is 11.5 Å². The molecule has 1 aromatic carbocycles. The van der Waals surface area contributed by atoms with Crippen LogP contribution in [0, 0.1) is 5.82 Å². The lowest BCUT2D eigenvalue weighted by atomic mass is 10.1. The van der Waals surface area contributed by atoms with E-state index >= 15 is 0 Å². The van der Waals surface area contributed by atoms with Crippen LogP contribution in [0.4, 0.5) is 9.52 Å². The summed E-state index contributed by atoms with van der Waals surface area (Å²) in [6.45, 7) is 0. The van der Waals surface area contributed by atoms with E-state index in [1.54, 1.807) is 0 Å². The second-order valence-electron chi connectivity index (χ2n) is 3.53. The average molecular weight is 294 g/mol. The molecule has 20 heavy (non-hydrogen) atoms. The first-order chi connectivity index (χ1) is 9.56. The molecule has 0 atom stereocenters. The van der Waals surface area contributed by atoms with Crippen LogP contribution in [0.5, 0.6) is 0 Å². The molecule has 0 unspecified atom stereocenters. The van der Waals surface area contributed by atoms with Crippen molar-refractivity contribution in [3.8, 4) is 0 Å². The number of aromatic nitrogens is 3. The Morgan fingerprint density at radius 2 is 2.20 bits per heavy atom. The first-order valence-corrected chi connectivity index (χ1v) is 6.00. The van der Waals surface area contributed by atoms with E-state index in [1.807, 2.05) is 0 Å². The van der Waals surface area contributed by atoms with Crippen molar-refractivity contribution in [2.24, 2.45) is 0 Å². The molecule has 2 N–H and O–H groups in total. The van der Waals surface area contributed by atoms with Crippen LogP contribution < -0.4 is 5.32 Å². The fourth-order valence-electron chi connectivity index (χ4n) is 1.33. The van der Waals surface area contributed by atoms with E-state index in [0.717, 1.165) is 23.7 Å².